The summed E-state index contributed by atoms with van der Waals surface area (Å²) in [5.74, 6) is 1.32. The molecule has 3 aromatic rings. The zero-order chi connectivity index (χ0) is 16.9. The van der Waals surface area contributed by atoms with E-state index in [1.165, 1.54) is 16.5 Å². The van der Waals surface area contributed by atoms with Crippen molar-refractivity contribution in [1.29, 1.82) is 0 Å². The average Bonchev–Trinajstić information content (AvgIpc) is 2.65. The molecule has 0 amide bonds. The number of benzene rings is 1. The highest BCUT2D eigenvalue weighted by molar-refractivity contribution is 5.84. The Morgan fingerprint density at radius 2 is 1.64 bits per heavy atom. The van der Waals surface area contributed by atoms with Gasteiger partial charge in [0.1, 0.15) is 5.82 Å². The molecule has 1 aliphatic rings. The topological polar surface area (TPSA) is 37.8 Å². The summed E-state index contributed by atoms with van der Waals surface area (Å²) in [5.41, 5.74) is 1.21. The maximum absolute atomic E-state index is 4.81. The normalized spacial score (nSPS) is 22.1. The van der Waals surface area contributed by atoms with Crippen LogP contribution in [0.3, 0.4) is 0 Å². The van der Waals surface area contributed by atoms with Crippen LogP contribution in [-0.2, 0) is 0 Å². The number of hydrogen-bond donors (Lipinski definition) is 1. The van der Waals surface area contributed by atoms with E-state index in [-0.39, 0.29) is 0 Å². The first-order valence-electron chi connectivity index (χ1n) is 9.08. The molecule has 3 nitrogen and oxygen atoms in total. The van der Waals surface area contributed by atoms with Crippen LogP contribution in [0.5, 0.6) is 0 Å². The summed E-state index contributed by atoms with van der Waals surface area (Å²) in [6, 6.07) is 17.0. The Bertz CT molecular complexity index is 852. The second-order valence-corrected chi connectivity index (χ2v) is 6.62. The summed E-state index contributed by atoms with van der Waals surface area (Å²) < 4.78 is 0. The number of anilines is 1. The third kappa shape index (κ3) is 3.55. The van der Waals surface area contributed by atoms with E-state index in [1.807, 2.05) is 30.6 Å². The maximum atomic E-state index is 4.81. The predicted octanol–water partition coefficient (Wildman–Crippen LogP) is 5.32. The third-order valence-corrected chi connectivity index (χ3v) is 4.99. The van der Waals surface area contributed by atoms with Crippen LogP contribution in [0.4, 0.5) is 5.82 Å². The smallest absolute Gasteiger partial charge is 0.126 e. The van der Waals surface area contributed by atoms with Crippen LogP contribution in [0, 0.1) is 0 Å². The molecule has 0 aliphatic heterocycles. The lowest BCUT2D eigenvalue weighted by Gasteiger charge is -2.29. The Kier molecular flexibility index (Phi) is 4.73. The van der Waals surface area contributed by atoms with Crippen LogP contribution in [0.2, 0.25) is 0 Å². The van der Waals surface area contributed by atoms with Gasteiger partial charge in [-0.1, -0.05) is 42.5 Å². The van der Waals surface area contributed by atoms with Crippen molar-refractivity contribution in [1.82, 2.24) is 9.97 Å². The molecule has 1 aliphatic carbocycles. The van der Waals surface area contributed by atoms with Crippen molar-refractivity contribution in [3.05, 3.63) is 78.8 Å². The monoisotopic (exact) mass is 329 g/mol. The molecule has 1 aromatic carbocycles. The number of hydrogen-bond acceptors (Lipinski definition) is 3. The van der Waals surface area contributed by atoms with Gasteiger partial charge in [0.25, 0.3) is 0 Å². The zero-order valence-electron chi connectivity index (χ0n) is 14.3. The molecule has 3 heteroatoms. The summed E-state index contributed by atoms with van der Waals surface area (Å²) >= 11 is 0. The number of allylic oxidation sites excluding steroid dienone is 2. The molecule has 0 spiro atoms. The van der Waals surface area contributed by atoms with E-state index >= 15 is 0 Å². The Labute approximate surface area is 148 Å². The first-order valence-corrected chi connectivity index (χ1v) is 9.08. The summed E-state index contributed by atoms with van der Waals surface area (Å²) in [4.78, 5) is 9.28. The number of fused-ring (bicyclic) bond motifs is 1. The molecule has 126 valence electrons. The lowest BCUT2D eigenvalue weighted by atomic mass is 9.84. The Morgan fingerprint density at radius 1 is 0.800 bits per heavy atom. The fourth-order valence-electron chi connectivity index (χ4n) is 3.77. The Hall–Kier alpha value is -2.68. The van der Waals surface area contributed by atoms with E-state index in [0.717, 1.165) is 31.5 Å². The van der Waals surface area contributed by atoms with Gasteiger partial charge >= 0.3 is 0 Å². The van der Waals surface area contributed by atoms with E-state index in [1.54, 1.807) is 0 Å². The van der Waals surface area contributed by atoms with Crippen molar-refractivity contribution < 1.29 is 0 Å². The lowest BCUT2D eigenvalue weighted by molar-refractivity contribution is 0.490. The number of nitrogens with one attached hydrogen (secondary N) is 1. The fraction of sp³-hybridized carbons (Fsp3) is 0.273. The molecule has 0 saturated carbocycles. The molecule has 0 fully saturated rings. The van der Waals surface area contributed by atoms with Crippen LogP contribution in [-0.4, -0.2) is 16.0 Å². The van der Waals surface area contributed by atoms with Crippen LogP contribution in [0.1, 0.15) is 37.3 Å². The van der Waals surface area contributed by atoms with Crippen molar-refractivity contribution in [2.75, 3.05) is 5.32 Å². The van der Waals surface area contributed by atoms with E-state index in [4.69, 9.17) is 4.98 Å². The first kappa shape index (κ1) is 15.8. The number of rotatable bonds is 3. The van der Waals surface area contributed by atoms with E-state index in [2.05, 4.69) is 52.8 Å². The van der Waals surface area contributed by atoms with Crippen LogP contribution >= 0.6 is 0 Å². The van der Waals surface area contributed by atoms with E-state index in [9.17, 15) is 0 Å². The summed E-state index contributed by atoms with van der Waals surface area (Å²) in [5, 5.41) is 6.21. The Balaban J connectivity index is 1.73. The van der Waals surface area contributed by atoms with Crippen molar-refractivity contribution in [2.45, 2.75) is 37.6 Å². The predicted molar refractivity (Wildman–Crippen MR) is 104 cm³/mol. The zero-order valence-corrected chi connectivity index (χ0v) is 14.3. The maximum Gasteiger partial charge on any atom is 0.126 e. The molecular weight excluding hydrogens is 306 g/mol. The molecule has 0 bridgehead atoms. The van der Waals surface area contributed by atoms with Gasteiger partial charge in [-0.3, -0.25) is 4.98 Å². The Morgan fingerprint density at radius 3 is 2.52 bits per heavy atom. The van der Waals surface area contributed by atoms with Crippen LogP contribution in [0.15, 0.2) is 73.1 Å². The largest absolute Gasteiger partial charge is 0.367 e. The summed E-state index contributed by atoms with van der Waals surface area (Å²) in [6.07, 6.45) is 12.8. The minimum Gasteiger partial charge on any atom is -0.367 e. The average molecular weight is 329 g/mol. The highest BCUT2D eigenvalue weighted by atomic mass is 15.0. The minimum absolute atomic E-state index is 0.332. The molecule has 2 atom stereocenters. The van der Waals surface area contributed by atoms with Gasteiger partial charge in [-0.05, 0) is 49.3 Å². The third-order valence-electron chi connectivity index (χ3n) is 4.99. The van der Waals surface area contributed by atoms with E-state index in [0.29, 0.717) is 12.0 Å². The molecule has 4 rings (SSSR count). The van der Waals surface area contributed by atoms with Gasteiger partial charge in [-0.15, -0.1) is 0 Å². The van der Waals surface area contributed by atoms with Gasteiger partial charge in [-0.25, -0.2) is 4.98 Å². The first-order chi connectivity index (χ1) is 12.4. The minimum atomic E-state index is 0.332. The SMILES string of the molecule is C1=C\CC[C@H](c2nccc3ccccc23)[C@@H](Nc2ccccn2)CC/1. The van der Waals surface area contributed by atoms with Gasteiger partial charge in [0, 0.05) is 29.7 Å². The molecule has 1 N–H and O–H groups in total. The van der Waals surface area contributed by atoms with Crippen molar-refractivity contribution >= 4 is 16.6 Å². The highest BCUT2D eigenvalue weighted by Gasteiger charge is 2.26. The molecule has 0 unspecified atom stereocenters. The highest BCUT2D eigenvalue weighted by Crippen LogP contribution is 2.34. The molecule has 0 radical (unpaired) electrons. The summed E-state index contributed by atoms with van der Waals surface area (Å²) in [6.45, 7) is 0. The molecule has 2 heterocycles. The number of aromatic nitrogens is 2. The van der Waals surface area contributed by atoms with Crippen LogP contribution in [0.25, 0.3) is 10.8 Å². The quantitative estimate of drug-likeness (QED) is 0.660. The fourth-order valence-corrected chi connectivity index (χ4v) is 3.77. The number of nitrogens with zero attached hydrogens (tertiary/aromatic N) is 2. The summed E-state index contributed by atoms with van der Waals surface area (Å²) in [7, 11) is 0. The van der Waals surface area contributed by atoms with Crippen LogP contribution < -0.4 is 5.32 Å². The van der Waals surface area contributed by atoms with Crippen molar-refractivity contribution in [2.24, 2.45) is 0 Å². The van der Waals surface area contributed by atoms with Gasteiger partial charge in [0.2, 0.25) is 0 Å². The standard InChI is InChI=1S/C22H23N3/c1-2-4-12-20(25-21-13-7-8-15-23-21)19(11-3-1)22-18-10-6-5-9-17(18)14-16-24-22/h1-2,5-10,13-16,19-20H,3-4,11-12H2,(H,23,25)/b2-1-/t19-,20-/m0/s1. The molecular formula is C22H23N3. The number of pyridine rings is 2. The van der Waals surface area contributed by atoms with Crippen molar-refractivity contribution in [3.8, 4) is 0 Å². The van der Waals surface area contributed by atoms with Gasteiger partial charge in [0.05, 0.1) is 5.69 Å². The molecule has 25 heavy (non-hydrogen) atoms. The van der Waals surface area contributed by atoms with Gasteiger partial charge in [-0.2, -0.15) is 0 Å². The second-order valence-electron chi connectivity index (χ2n) is 6.62. The van der Waals surface area contributed by atoms with Gasteiger partial charge < -0.3 is 5.32 Å². The molecule has 0 saturated heterocycles. The lowest BCUT2D eigenvalue weighted by Crippen LogP contribution is -2.29. The molecule has 2 aromatic heterocycles. The van der Waals surface area contributed by atoms with Gasteiger partial charge in [0.15, 0.2) is 0 Å². The van der Waals surface area contributed by atoms with Crippen molar-refractivity contribution in [3.63, 3.8) is 0 Å². The van der Waals surface area contributed by atoms with E-state index < -0.39 is 0 Å². The second kappa shape index (κ2) is 7.47.